The fraction of sp³-hybridized carbons (Fsp3) is 0.250. The zero-order chi connectivity index (χ0) is 19.8. The summed E-state index contributed by atoms with van der Waals surface area (Å²) in [4.78, 5) is 36.4. The molecule has 0 aliphatic rings. The number of ether oxygens (including phenoxy) is 1. The van der Waals surface area contributed by atoms with Gasteiger partial charge in [0.05, 0.1) is 0 Å². The first-order chi connectivity index (χ1) is 12.8. The van der Waals surface area contributed by atoms with Gasteiger partial charge >= 0.3 is 5.97 Å². The summed E-state index contributed by atoms with van der Waals surface area (Å²) in [6, 6.07) is 16.2. The van der Waals surface area contributed by atoms with Gasteiger partial charge in [0.2, 0.25) is 5.91 Å². The van der Waals surface area contributed by atoms with E-state index in [2.05, 4.69) is 10.6 Å². The Balaban J connectivity index is 1.85. The van der Waals surface area contributed by atoms with Crippen molar-refractivity contribution in [1.29, 1.82) is 0 Å². The van der Waals surface area contributed by atoms with Crippen molar-refractivity contribution in [2.24, 2.45) is 0 Å². The fourth-order valence-corrected chi connectivity index (χ4v) is 3.03. The quantitative estimate of drug-likeness (QED) is 0.560. The maximum absolute atomic E-state index is 12.2. The Morgan fingerprint density at radius 3 is 2.00 bits per heavy atom. The lowest BCUT2D eigenvalue weighted by Gasteiger charge is -2.16. The summed E-state index contributed by atoms with van der Waals surface area (Å²) in [5.74, 6) is -1.05. The van der Waals surface area contributed by atoms with Crippen LogP contribution in [0.4, 0.5) is 11.4 Å². The SMILES string of the molecule is CC(=O)Nc1ccc(NC(=O)[C@@H](C)OC(=O)[C@H](C)Sc2ccccc2)cc1. The second-order valence-corrected chi connectivity index (χ2v) is 7.31. The molecular weight excluding hydrogens is 364 g/mol. The van der Waals surface area contributed by atoms with Crippen LogP contribution in [-0.2, 0) is 19.1 Å². The monoisotopic (exact) mass is 386 g/mol. The number of anilines is 2. The number of benzene rings is 2. The zero-order valence-corrected chi connectivity index (χ0v) is 16.2. The van der Waals surface area contributed by atoms with Gasteiger partial charge < -0.3 is 15.4 Å². The molecule has 0 fully saturated rings. The number of amides is 2. The van der Waals surface area contributed by atoms with Crippen LogP contribution in [0.1, 0.15) is 20.8 Å². The van der Waals surface area contributed by atoms with Crippen LogP contribution in [-0.4, -0.2) is 29.1 Å². The molecular formula is C20H22N2O4S. The number of thioether (sulfide) groups is 1. The molecule has 7 heteroatoms. The molecule has 2 aromatic rings. The summed E-state index contributed by atoms with van der Waals surface area (Å²) in [5, 5.41) is 4.89. The largest absolute Gasteiger partial charge is 0.452 e. The highest BCUT2D eigenvalue weighted by molar-refractivity contribution is 8.00. The summed E-state index contributed by atoms with van der Waals surface area (Å²) in [7, 11) is 0. The standard InChI is InChI=1S/C20H22N2O4S/c1-13(26-20(25)14(2)27-18-7-5-4-6-8-18)19(24)22-17-11-9-16(10-12-17)21-15(3)23/h4-14H,1-3H3,(H,21,23)(H,22,24)/t13-,14+/m1/s1. The first-order valence-electron chi connectivity index (χ1n) is 8.46. The summed E-state index contributed by atoms with van der Waals surface area (Å²) < 4.78 is 5.27. The van der Waals surface area contributed by atoms with Crippen LogP contribution in [0.5, 0.6) is 0 Å². The van der Waals surface area contributed by atoms with E-state index in [1.807, 2.05) is 30.3 Å². The summed E-state index contributed by atoms with van der Waals surface area (Å²) >= 11 is 1.38. The second-order valence-electron chi connectivity index (χ2n) is 5.90. The van der Waals surface area contributed by atoms with E-state index in [-0.39, 0.29) is 5.91 Å². The van der Waals surface area contributed by atoms with Gasteiger partial charge in [0.1, 0.15) is 5.25 Å². The van der Waals surface area contributed by atoms with Crippen molar-refractivity contribution in [3.05, 3.63) is 54.6 Å². The maximum Gasteiger partial charge on any atom is 0.319 e. The van der Waals surface area contributed by atoms with E-state index in [0.717, 1.165) is 4.90 Å². The van der Waals surface area contributed by atoms with Gasteiger partial charge in [-0.25, -0.2) is 0 Å². The molecule has 0 aliphatic carbocycles. The smallest absolute Gasteiger partial charge is 0.319 e. The zero-order valence-electron chi connectivity index (χ0n) is 15.4. The molecule has 2 N–H and O–H groups in total. The molecule has 2 aromatic carbocycles. The highest BCUT2D eigenvalue weighted by Gasteiger charge is 2.22. The molecule has 142 valence electrons. The Labute approximate surface area is 162 Å². The lowest BCUT2D eigenvalue weighted by molar-refractivity contribution is -0.152. The highest BCUT2D eigenvalue weighted by atomic mass is 32.2. The van der Waals surface area contributed by atoms with E-state index in [1.54, 1.807) is 31.2 Å². The number of esters is 1. The lowest BCUT2D eigenvalue weighted by atomic mass is 10.2. The van der Waals surface area contributed by atoms with Crippen LogP contribution in [0.3, 0.4) is 0 Å². The molecule has 2 amide bonds. The van der Waals surface area contributed by atoms with Gasteiger partial charge in [0.15, 0.2) is 6.10 Å². The molecule has 0 aromatic heterocycles. The van der Waals surface area contributed by atoms with Crippen molar-refractivity contribution in [2.75, 3.05) is 10.6 Å². The lowest BCUT2D eigenvalue weighted by Crippen LogP contribution is -2.32. The summed E-state index contributed by atoms with van der Waals surface area (Å²) in [6.45, 7) is 4.69. The van der Waals surface area contributed by atoms with Crippen LogP contribution >= 0.6 is 11.8 Å². The third kappa shape index (κ3) is 6.79. The third-order valence-corrected chi connectivity index (χ3v) is 4.61. The topological polar surface area (TPSA) is 84.5 Å². The molecule has 2 atom stereocenters. The van der Waals surface area contributed by atoms with Gasteiger partial charge in [-0.3, -0.25) is 14.4 Å². The first kappa shape index (κ1) is 20.5. The normalized spacial score (nSPS) is 12.6. The highest BCUT2D eigenvalue weighted by Crippen LogP contribution is 2.24. The van der Waals surface area contributed by atoms with Gasteiger partial charge in [-0.2, -0.15) is 0 Å². The van der Waals surface area contributed by atoms with Crippen molar-refractivity contribution < 1.29 is 19.1 Å². The van der Waals surface area contributed by atoms with Crippen molar-refractivity contribution in [1.82, 2.24) is 0 Å². The number of hydrogen-bond acceptors (Lipinski definition) is 5. The van der Waals surface area contributed by atoms with Crippen molar-refractivity contribution in [3.63, 3.8) is 0 Å². The molecule has 6 nitrogen and oxygen atoms in total. The van der Waals surface area contributed by atoms with E-state index in [1.165, 1.54) is 25.6 Å². The Morgan fingerprint density at radius 2 is 1.44 bits per heavy atom. The van der Waals surface area contributed by atoms with Gasteiger partial charge in [-0.1, -0.05) is 18.2 Å². The van der Waals surface area contributed by atoms with Crippen LogP contribution in [0.25, 0.3) is 0 Å². The minimum Gasteiger partial charge on any atom is -0.452 e. The van der Waals surface area contributed by atoms with Crippen molar-refractivity contribution in [3.8, 4) is 0 Å². The van der Waals surface area contributed by atoms with Gasteiger partial charge in [-0.05, 0) is 50.2 Å². The van der Waals surface area contributed by atoms with Crippen LogP contribution in [0, 0.1) is 0 Å². The van der Waals surface area contributed by atoms with E-state index >= 15 is 0 Å². The number of hydrogen-bond donors (Lipinski definition) is 2. The first-order valence-corrected chi connectivity index (χ1v) is 9.34. The molecule has 0 heterocycles. The molecule has 27 heavy (non-hydrogen) atoms. The molecule has 0 radical (unpaired) electrons. The number of nitrogens with one attached hydrogen (secondary N) is 2. The van der Waals surface area contributed by atoms with E-state index in [4.69, 9.17) is 4.74 Å². The van der Waals surface area contributed by atoms with E-state index < -0.39 is 23.2 Å². The second kappa shape index (κ2) is 9.78. The molecule has 0 aliphatic heterocycles. The van der Waals surface area contributed by atoms with Crippen molar-refractivity contribution >= 4 is 40.9 Å². The van der Waals surface area contributed by atoms with E-state index in [0.29, 0.717) is 11.4 Å². The molecule has 0 unspecified atom stereocenters. The molecule has 0 saturated carbocycles. The van der Waals surface area contributed by atoms with Gasteiger partial charge in [0.25, 0.3) is 5.91 Å². The van der Waals surface area contributed by atoms with Crippen molar-refractivity contribution in [2.45, 2.75) is 37.0 Å². The number of rotatable bonds is 7. The Kier molecular flexibility index (Phi) is 7.43. The molecule has 2 rings (SSSR count). The van der Waals surface area contributed by atoms with E-state index in [9.17, 15) is 14.4 Å². The molecule has 0 spiro atoms. The minimum atomic E-state index is -0.925. The van der Waals surface area contributed by atoms with Gasteiger partial charge in [0, 0.05) is 23.2 Å². The summed E-state index contributed by atoms with van der Waals surface area (Å²) in [5.41, 5.74) is 1.18. The molecule has 0 saturated heterocycles. The number of carbonyl (C=O) groups excluding carboxylic acids is 3. The Hall–Kier alpha value is -2.80. The minimum absolute atomic E-state index is 0.171. The van der Waals surface area contributed by atoms with Crippen LogP contribution < -0.4 is 10.6 Å². The predicted octanol–water partition coefficient (Wildman–Crippen LogP) is 3.70. The Bertz CT molecular complexity index is 793. The average molecular weight is 386 g/mol. The maximum atomic E-state index is 12.2. The number of carbonyl (C=O) groups is 3. The Morgan fingerprint density at radius 1 is 0.889 bits per heavy atom. The summed E-state index contributed by atoms with van der Waals surface area (Å²) in [6.07, 6.45) is -0.925. The van der Waals surface area contributed by atoms with Crippen LogP contribution in [0.15, 0.2) is 59.5 Å². The fourth-order valence-electron chi connectivity index (χ4n) is 2.16. The van der Waals surface area contributed by atoms with Crippen LogP contribution in [0.2, 0.25) is 0 Å². The third-order valence-electron chi connectivity index (χ3n) is 3.52. The average Bonchev–Trinajstić information content (AvgIpc) is 2.63. The van der Waals surface area contributed by atoms with Gasteiger partial charge in [-0.15, -0.1) is 11.8 Å². The molecule has 0 bridgehead atoms. The predicted molar refractivity (Wildman–Crippen MR) is 107 cm³/mol.